The first kappa shape index (κ1) is 20.8. The second-order valence-electron chi connectivity index (χ2n) is 5.46. The molecule has 10 nitrogen and oxygen atoms in total. The lowest BCUT2D eigenvalue weighted by Crippen LogP contribution is -2.66. The highest BCUT2D eigenvalue weighted by molar-refractivity contribution is 5.73. The maximum absolute atomic E-state index is 11.5. The zero-order chi connectivity index (χ0) is 19.1. The molecule has 1 saturated heterocycles. The predicted molar refractivity (Wildman–Crippen MR) is 81.0 cm³/mol. The SMILES string of the molecule is COC1OC(COC(C)=O)C(OC(C)=O)C(OC(C)=O)C1NC(C)=O. The van der Waals surface area contributed by atoms with Crippen molar-refractivity contribution in [2.75, 3.05) is 13.7 Å². The second-order valence-corrected chi connectivity index (χ2v) is 5.46. The maximum Gasteiger partial charge on any atom is 0.303 e. The Morgan fingerprint density at radius 1 is 0.920 bits per heavy atom. The standard InChI is InChI=1S/C15H23NO9/c1-7(17)16-12-14(24-10(4)20)13(23-9(3)19)11(6-22-8(2)18)25-15(12)21-5/h11-15H,6H2,1-5H3,(H,16,17). The van der Waals surface area contributed by atoms with Gasteiger partial charge in [0.25, 0.3) is 0 Å². The molecule has 1 aliphatic heterocycles. The number of rotatable bonds is 6. The summed E-state index contributed by atoms with van der Waals surface area (Å²) < 4.78 is 26.2. The lowest BCUT2D eigenvalue weighted by molar-refractivity contribution is -0.271. The normalized spacial score (nSPS) is 28.6. The van der Waals surface area contributed by atoms with Crippen molar-refractivity contribution < 1.29 is 42.9 Å². The Morgan fingerprint density at radius 2 is 1.48 bits per heavy atom. The summed E-state index contributed by atoms with van der Waals surface area (Å²) in [4.78, 5) is 45.5. The minimum atomic E-state index is -1.11. The summed E-state index contributed by atoms with van der Waals surface area (Å²) in [7, 11) is 1.33. The van der Waals surface area contributed by atoms with E-state index >= 15 is 0 Å². The minimum Gasteiger partial charge on any atom is -0.463 e. The van der Waals surface area contributed by atoms with Crippen molar-refractivity contribution in [2.24, 2.45) is 0 Å². The number of amides is 1. The van der Waals surface area contributed by atoms with Gasteiger partial charge in [-0.25, -0.2) is 0 Å². The number of methoxy groups -OCH3 is 1. The Balaban J connectivity index is 3.18. The summed E-state index contributed by atoms with van der Waals surface area (Å²) in [6, 6.07) is -0.927. The number of carbonyl (C=O) groups excluding carboxylic acids is 4. The molecule has 0 aromatic heterocycles. The molecule has 142 valence electrons. The van der Waals surface area contributed by atoms with E-state index in [9.17, 15) is 19.2 Å². The molecule has 0 aromatic carbocycles. The fourth-order valence-corrected chi connectivity index (χ4v) is 2.49. The summed E-state index contributed by atoms with van der Waals surface area (Å²) in [6.45, 7) is 4.57. The van der Waals surface area contributed by atoms with Gasteiger partial charge in [0.2, 0.25) is 5.91 Å². The van der Waals surface area contributed by atoms with E-state index in [0.717, 1.165) is 0 Å². The number of ether oxygens (including phenoxy) is 5. The van der Waals surface area contributed by atoms with E-state index < -0.39 is 54.5 Å². The van der Waals surface area contributed by atoms with Gasteiger partial charge in [0.05, 0.1) is 0 Å². The van der Waals surface area contributed by atoms with Crippen molar-refractivity contribution in [1.29, 1.82) is 0 Å². The third kappa shape index (κ3) is 6.31. The Labute approximate surface area is 145 Å². The number of carbonyl (C=O) groups is 4. The van der Waals surface area contributed by atoms with Crippen LogP contribution in [-0.2, 0) is 42.9 Å². The summed E-state index contributed by atoms with van der Waals surface area (Å²) in [5.41, 5.74) is 0. The van der Waals surface area contributed by atoms with Crippen LogP contribution in [-0.4, -0.2) is 68.2 Å². The number of esters is 3. The fraction of sp³-hybridized carbons (Fsp3) is 0.733. The molecule has 0 bridgehead atoms. The number of nitrogens with one attached hydrogen (secondary N) is 1. The van der Waals surface area contributed by atoms with Gasteiger partial charge < -0.3 is 29.0 Å². The zero-order valence-corrected chi connectivity index (χ0v) is 14.8. The first-order valence-corrected chi connectivity index (χ1v) is 7.58. The van der Waals surface area contributed by atoms with E-state index in [1.165, 1.54) is 34.8 Å². The monoisotopic (exact) mass is 361 g/mol. The van der Waals surface area contributed by atoms with Crippen LogP contribution >= 0.6 is 0 Å². The number of hydrogen-bond donors (Lipinski definition) is 1. The summed E-state index contributed by atoms with van der Waals surface area (Å²) >= 11 is 0. The molecule has 0 saturated carbocycles. The summed E-state index contributed by atoms with van der Waals surface area (Å²) in [6.07, 6.45) is -4.17. The van der Waals surface area contributed by atoms with Gasteiger partial charge in [-0.05, 0) is 0 Å². The van der Waals surface area contributed by atoms with Crippen LogP contribution in [0.5, 0.6) is 0 Å². The third-order valence-electron chi connectivity index (χ3n) is 3.30. The molecule has 0 spiro atoms. The molecular formula is C15H23NO9. The largest absolute Gasteiger partial charge is 0.463 e. The topological polar surface area (TPSA) is 126 Å². The molecule has 0 radical (unpaired) electrons. The molecule has 10 heteroatoms. The molecule has 1 amide bonds. The maximum atomic E-state index is 11.5. The van der Waals surface area contributed by atoms with Crippen molar-refractivity contribution in [3.63, 3.8) is 0 Å². The van der Waals surface area contributed by atoms with Crippen LogP contribution in [0, 0.1) is 0 Å². The van der Waals surface area contributed by atoms with Crippen LogP contribution in [0.3, 0.4) is 0 Å². The van der Waals surface area contributed by atoms with Gasteiger partial charge in [-0.15, -0.1) is 0 Å². The third-order valence-corrected chi connectivity index (χ3v) is 3.30. The Morgan fingerprint density at radius 3 is 1.92 bits per heavy atom. The van der Waals surface area contributed by atoms with Crippen LogP contribution in [0.15, 0.2) is 0 Å². The average molecular weight is 361 g/mol. The van der Waals surface area contributed by atoms with E-state index in [2.05, 4.69) is 5.32 Å². The smallest absolute Gasteiger partial charge is 0.303 e. The highest BCUT2D eigenvalue weighted by Gasteiger charge is 2.50. The van der Waals surface area contributed by atoms with Crippen LogP contribution < -0.4 is 5.32 Å². The highest BCUT2D eigenvalue weighted by atomic mass is 16.7. The van der Waals surface area contributed by atoms with Crippen molar-refractivity contribution in [2.45, 2.75) is 58.3 Å². The lowest BCUT2D eigenvalue weighted by Gasteiger charge is -2.44. The highest BCUT2D eigenvalue weighted by Crippen LogP contribution is 2.27. The summed E-state index contributed by atoms with van der Waals surface area (Å²) in [5, 5.41) is 2.56. The predicted octanol–water partition coefficient (Wildman–Crippen LogP) is -0.711. The van der Waals surface area contributed by atoms with E-state index in [-0.39, 0.29) is 6.61 Å². The molecule has 25 heavy (non-hydrogen) atoms. The molecule has 5 atom stereocenters. The Kier molecular flexibility index (Phi) is 7.78. The fourth-order valence-electron chi connectivity index (χ4n) is 2.49. The van der Waals surface area contributed by atoms with E-state index in [0.29, 0.717) is 0 Å². The molecule has 0 aromatic rings. The van der Waals surface area contributed by atoms with Crippen molar-refractivity contribution in [3.8, 4) is 0 Å². The second kappa shape index (κ2) is 9.33. The van der Waals surface area contributed by atoms with E-state index in [1.807, 2.05) is 0 Å². The minimum absolute atomic E-state index is 0.252. The van der Waals surface area contributed by atoms with Crippen LogP contribution in [0.2, 0.25) is 0 Å². The van der Waals surface area contributed by atoms with Gasteiger partial charge in [-0.2, -0.15) is 0 Å². The van der Waals surface area contributed by atoms with Gasteiger partial charge in [0.1, 0.15) is 18.8 Å². The van der Waals surface area contributed by atoms with Gasteiger partial charge in [-0.1, -0.05) is 0 Å². The Hall–Kier alpha value is -2.20. The molecule has 1 N–H and O–H groups in total. The van der Waals surface area contributed by atoms with E-state index in [4.69, 9.17) is 23.7 Å². The molecule has 1 fully saturated rings. The molecular weight excluding hydrogens is 338 g/mol. The zero-order valence-electron chi connectivity index (χ0n) is 14.8. The van der Waals surface area contributed by atoms with Crippen molar-refractivity contribution >= 4 is 23.8 Å². The van der Waals surface area contributed by atoms with Gasteiger partial charge in [0, 0.05) is 34.8 Å². The van der Waals surface area contributed by atoms with Crippen LogP contribution in [0.25, 0.3) is 0 Å². The lowest BCUT2D eigenvalue weighted by atomic mass is 9.96. The molecule has 1 aliphatic rings. The summed E-state index contributed by atoms with van der Waals surface area (Å²) in [5.74, 6) is -2.29. The molecule has 5 unspecified atom stereocenters. The van der Waals surface area contributed by atoms with Crippen LogP contribution in [0.4, 0.5) is 0 Å². The molecule has 1 heterocycles. The Bertz CT molecular complexity index is 521. The van der Waals surface area contributed by atoms with Crippen molar-refractivity contribution in [3.05, 3.63) is 0 Å². The van der Waals surface area contributed by atoms with Crippen LogP contribution in [0.1, 0.15) is 27.7 Å². The number of hydrogen-bond acceptors (Lipinski definition) is 9. The van der Waals surface area contributed by atoms with Gasteiger partial charge >= 0.3 is 17.9 Å². The first-order chi connectivity index (χ1) is 11.6. The van der Waals surface area contributed by atoms with Gasteiger partial charge in [0.15, 0.2) is 18.5 Å². The first-order valence-electron chi connectivity index (χ1n) is 7.58. The molecule has 0 aliphatic carbocycles. The quantitative estimate of drug-likeness (QED) is 0.482. The molecule has 1 rings (SSSR count). The van der Waals surface area contributed by atoms with Crippen molar-refractivity contribution in [1.82, 2.24) is 5.32 Å². The average Bonchev–Trinajstić information content (AvgIpc) is 2.48. The van der Waals surface area contributed by atoms with E-state index in [1.54, 1.807) is 0 Å². The van der Waals surface area contributed by atoms with Gasteiger partial charge in [-0.3, -0.25) is 19.2 Å².